The lowest BCUT2D eigenvalue weighted by molar-refractivity contribution is -0.0563. The highest BCUT2D eigenvalue weighted by Gasteiger charge is 2.29. The highest BCUT2D eigenvalue weighted by molar-refractivity contribution is 5.25. The number of aryl methyl sites for hydroxylation is 1. The molecule has 1 aromatic carbocycles. The minimum Gasteiger partial charge on any atom is -0.508 e. The predicted molar refractivity (Wildman–Crippen MR) is 85.5 cm³/mol. The monoisotopic (exact) mass is 288 g/mol. The number of benzene rings is 1. The summed E-state index contributed by atoms with van der Waals surface area (Å²) >= 11 is 0. The smallest absolute Gasteiger partial charge is 0.115 e. The van der Waals surface area contributed by atoms with Crippen molar-refractivity contribution in [3.8, 4) is 5.75 Å². The second kappa shape index (κ2) is 7.31. The zero-order valence-corrected chi connectivity index (χ0v) is 13.0. The Bertz CT molecular complexity index is 412. The first kappa shape index (κ1) is 14.9. The Hall–Kier alpha value is -1.02. The molecular weight excluding hydrogens is 260 g/mol. The van der Waals surface area contributed by atoms with Crippen molar-refractivity contribution < 1.29 is 9.84 Å². The third-order valence-electron chi connectivity index (χ3n) is 5.36. The quantitative estimate of drug-likeness (QED) is 0.870. The molecule has 116 valence electrons. The van der Waals surface area contributed by atoms with Crippen molar-refractivity contribution in [1.82, 2.24) is 0 Å². The molecule has 2 heteroatoms. The number of phenolic OH excluding ortho intramolecular Hbond substituents is 1. The van der Waals surface area contributed by atoms with Crippen LogP contribution in [0.1, 0.15) is 56.9 Å². The number of hydrogen-bond acceptors (Lipinski definition) is 2. The van der Waals surface area contributed by atoms with Gasteiger partial charge in [0.2, 0.25) is 0 Å². The molecular formula is C19H28O2. The lowest BCUT2D eigenvalue weighted by Crippen LogP contribution is -2.33. The summed E-state index contributed by atoms with van der Waals surface area (Å²) in [4.78, 5) is 0. The number of ether oxygens (including phenoxy) is 1. The largest absolute Gasteiger partial charge is 0.508 e. The van der Waals surface area contributed by atoms with E-state index in [1.807, 2.05) is 12.1 Å². The summed E-state index contributed by atoms with van der Waals surface area (Å²) in [6.45, 7) is 0.958. The Kier molecular flexibility index (Phi) is 5.18. The van der Waals surface area contributed by atoms with Crippen LogP contribution in [0.2, 0.25) is 0 Å². The van der Waals surface area contributed by atoms with Gasteiger partial charge < -0.3 is 9.84 Å². The Morgan fingerprint density at radius 1 is 0.952 bits per heavy atom. The molecule has 2 nitrogen and oxygen atoms in total. The van der Waals surface area contributed by atoms with Gasteiger partial charge in [-0.3, -0.25) is 0 Å². The van der Waals surface area contributed by atoms with Crippen molar-refractivity contribution in [2.75, 3.05) is 6.61 Å². The summed E-state index contributed by atoms with van der Waals surface area (Å²) in [5, 5.41) is 9.31. The van der Waals surface area contributed by atoms with Crippen molar-refractivity contribution in [3.05, 3.63) is 29.8 Å². The van der Waals surface area contributed by atoms with Crippen LogP contribution in [0.25, 0.3) is 0 Å². The van der Waals surface area contributed by atoms with Crippen LogP contribution in [0.4, 0.5) is 0 Å². The van der Waals surface area contributed by atoms with Crippen LogP contribution in [0.15, 0.2) is 24.3 Å². The zero-order chi connectivity index (χ0) is 14.5. The SMILES string of the molecule is Oc1ccc(CCC2CCC(C3CCCCC3)OC2)cc1. The number of rotatable bonds is 4. The maximum absolute atomic E-state index is 9.31. The molecule has 2 fully saturated rings. The van der Waals surface area contributed by atoms with E-state index in [9.17, 15) is 5.11 Å². The van der Waals surface area contributed by atoms with E-state index in [0.29, 0.717) is 11.9 Å². The molecule has 1 aromatic rings. The summed E-state index contributed by atoms with van der Waals surface area (Å²) < 4.78 is 6.20. The van der Waals surface area contributed by atoms with Gasteiger partial charge in [-0.05, 0) is 68.1 Å². The fourth-order valence-electron chi connectivity index (χ4n) is 3.97. The average Bonchev–Trinajstić information content (AvgIpc) is 2.56. The van der Waals surface area contributed by atoms with E-state index in [0.717, 1.165) is 24.9 Å². The molecule has 1 aliphatic heterocycles. The molecule has 0 aromatic heterocycles. The number of aromatic hydroxyl groups is 1. The summed E-state index contributed by atoms with van der Waals surface area (Å²) in [5.41, 5.74) is 1.32. The Labute approximate surface area is 128 Å². The molecule has 21 heavy (non-hydrogen) atoms. The third kappa shape index (κ3) is 4.23. The highest BCUT2D eigenvalue weighted by Crippen LogP contribution is 2.34. The van der Waals surface area contributed by atoms with Gasteiger partial charge in [0, 0.05) is 6.61 Å². The fourth-order valence-corrected chi connectivity index (χ4v) is 3.97. The molecule has 1 heterocycles. The topological polar surface area (TPSA) is 29.5 Å². The lowest BCUT2D eigenvalue weighted by Gasteiger charge is -2.36. The summed E-state index contributed by atoms with van der Waals surface area (Å²) in [6.07, 6.45) is 12.5. The Morgan fingerprint density at radius 2 is 1.71 bits per heavy atom. The van der Waals surface area contributed by atoms with Gasteiger partial charge in [0.15, 0.2) is 0 Å². The van der Waals surface area contributed by atoms with Crippen molar-refractivity contribution in [2.45, 2.75) is 63.9 Å². The second-order valence-electron chi connectivity index (χ2n) is 6.92. The first-order valence-corrected chi connectivity index (χ1v) is 8.71. The Morgan fingerprint density at radius 3 is 2.38 bits per heavy atom. The van der Waals surface area contributed by atoms with Crippen LogP contribution in [0.5, 0.6) is 5.75 Å². The van der Waals surface area contributed by atoms with Gasteiger partial charge in [-0.2, -0.15) is 0 Å². The van der Waals surface area contributed by atoms with E-state index in [-0.39, 0.29) is 0 Å². The summed E-state index contributed by atoms with van der Waals surface area (Å²) in [6, 6.07) is 7.63. The average molecular weight is 288 g/mol. The molecule has 1 N–H and O–H groups in total. The van der Waals surface area contributed by atoms with E-state index in [4.69, 9.17) is 4.74 Å². The van der Waals surface area contributed by atoms with Crippen LogP contribution in [-0.2, 0) is 11.2 Å². The minimum atomic E-state index is 0.357. The molecule has 1 saturated heterocycles. The lowest BCUT2D eigenvalue weighted by atomic mass is 9.81. The van der Waals surface area contributed by atoms with Gasteiger partial charge in [-0.25, -0.2) is 0 Å². The van der Waals surface area contributed by atoms with Crippen LogP contribution in [0, 0.1) is 11.8 Å². The fraction of sp³-hybridized carbons (Fsp3) is 0.684. The van der Waals surface area contributed by atoms with Crippen molar-refractivity contribution >= 4 is 0 Å². The van der Waals surface area contributed by atoms with E-state index < -0.39 is 0 Å². The van der Waals surface area contributed by atoms with Gasteiger partial charge in [0.05, 0.1) is 6.10 Å². The summed E-state index contributed by atoms with van der Waals surface area (Å²) in [7, 11) is 0. The molecule has 1 saturated carbocycles. The van der Waals surface area contributed by atoms with Crippen LogP contribution in [-0.4, -0.2) is 17.8 Å². The van der Waals surface area contributed by atoms with Crippen molar-refractivity contribution in [1.29, 1.82) is 0 Å². The maximum Gasteiger partial charge on any atom is 0.115 e. The first-order chi connectivity index (χ1) is 10.3. The molecule has 3 rings (SSSR count). The van der Waals surface area contributed by atoms with Crippen molar-refractivity contribution in [2.24, 2.45) is 11.8 Å². The van der Waals surface area contributed by atoms with Gasteiger partial charge in [-0.15, -0.1) is 0 Å². The first-order valence-electron chi connectivity index (χ1n) is 8.71. The third-order valence-corrected chi connectivity index (χ3v) is 5.36. The van der Waals surface area contributed by atoms with Gasteiger partial charge >= 0.3 is 0 Å². The Balaban J connectivity index is 1.40. The molecule has 0 bridgehead atoms. The maximum atomic E-state index is 9.31. The molecule has 2 unspecified atom stereocenters. The number of hydrogen-bond donors (Lipinski definition) is 1. The number of phenols is 1. The van der Waals surface area contributed by atoms with E-state index in [1.165, 1.54) is 56.9 Å². The molecule has 2 atom stereocenters. The van der Waals surface area contributed by atoms with E-state index >= 15 is 0 Å². The van der Waals surface area contributed by atoms with Crippen molar-refractivity contribution in [3.63, 3.8) is 0 Å². The molecule has 1 aliphatic carbocycles. The zero-order valence-electron chi connectivity index (χ0n) is 13.0. The van der Waals surface area contributed by atoms with E-state index in [1.54, 1.807) is 12.1 Å². The standard InChI is InChI=1S/C19H28O2/c20-18-11-8-15(9-12-18)6-7-16-10-13-19(21-14-16)17-4-2-1-3-5-17/h8-9,11-12,16-17,19-20H,1-7,10,13-14H2. The van der Waals surface area contributed by atoms with Gasteiger partial charge in [0.25, 0.3) is 0 Å². The molecule has 0 spiro atoms. The summed E-state index contributed by atoms with van der Waals surface area (Å²) in [5.74, 6) is 1.92. The van der Waals surface area contributed by atoms with E-state index in [2.05, 4.69) is 0 Å². The van der Waals surface area contributed by atoms with Crippen LogP contribution in [0.3, 0.4) is 0 Å². The van der Waals surface area contributed by atoms with Gasteiger partial charge in [-0.1, -0.05) is 31.4 Å². The normalized spacial score (nSPS) is 27.6. The second-order valence-corrected chi connectivity index (χ2v) is 6.92. The highest BCUT2D eigenvalue weighted by atomic mass is 16.5. The predicted octanol–water partition coefficient (Wildman–Crippen LogP) is 4.70. The molecule has 2 aliphatic rings. The molecule has 0 radical (unpaired) electrons. The minimum absolute atomic E-state index is 0.357. The van der Waals surface area contributed by atoms with Gasteiger partial charge in [0.1, 0.15) is 5.75 Å². The molecule has 0 amide bonds. The van der Waals surface area contributed by atoms with Crippen LogP contribution >= 0.6 is 0 Å². The van der Waals surface area contributed by atoms with Crippen LogP contribution < -0.4 is 0 Å².